The summed E-state index contributed by atoms with van der Waals surface area (Å²) in [5.74, 6) is -0.438. The van der Waals surface area contributed by atoms with Gasteiger partial charge in [0.25, 0.3) is 5.91 Å². The van der Waals surface area contributed by atoms with Gasteiger partial charge in [-0.05, 0) is 44.6 Å². The zero-order valence-corrected chi connectivity index (χ0v) is 19.5. The average molecular weight is 467 g/mol. The van der Waals surface area contributed by atoms with E-state index < -0.39 is 17.9 Å². The molecule has 1 atom stereocenters. The van der Waals surface area contributed by atoms with Gasteiger partial charge in [0.1, 0.15) is 5.75 Å². The summed E-state index contributed by atoms with van der Waals surface area (Å²) in [5.41, 5.74) is 6.11. The second-order valence-corrected chi connectivity index (χ2v) is 7.73. The molecule has 1 aliphatic heterocycles. The van der Waals surface area contributed by atoms with Crippen molar-refractivity contribution in [2.75, 3.05) is 13.2 Å². The topological polar surface area (TPSA) is 101 Å². The third kappa shape index (κ3) is 6.39. The Morgan fingerprint density at radius 3 is 2.61 bits per heavy atom. The van der Waals surface area contributed by atoms with Gasteiger partial charge in [-0.2, -0.15) is 5.10 Å². The number of ether oxygens (including phenoxy) is 2. The van der Waals surface area contributed by atoms with Gasteiger partial charge in [-0.25, -0.2) is 10.2 Å². The Bertz CT molecular complexity index is 1100. The molecule has 0 aromatic heterocycles. The van der Waals surface area contributed by atoms with Crippen molar-refractivity contribution >= 4 is 35.4 Å². The summed E-state index contributed by atoms with van der Waals surface area (Å²) in [7, 11) is 0. The maximum absolute atomic E-state index is 12.6. The fourth-order valence-corrected chi connectivity index (χ4v) is 3.53. The number of para-hydroxylation sites is 1. The van der Waals surface area contributed by atoms with Crippen molar-refractivity contribution < 1.29 is 19.1 Å². The smallest absolute Gasteiger partial charge is 0.338 e. The fraction of sp³-hybridized carbons (Fsp3) is 0.250. The average Bonchev–Trinajstić information content (AvgIpc) is 2.79. The number of hydrazone groups is 1. The predicted molar refractivity (Wildman–Crippen MR) is 130 cm³/mol. The highest BCUT2D eigenvalue weighted by Crippen LogP contribution is 2.33. The first-order chi connectivity index (χ1) is 15.9. The number of amides is 1. The summed E-state index contributed by atoms with van der Waals surface area (Å²) in [6.45, 7) is 5.49. The van der Waals surface area contributed by atoms with Crippen molar-refractivity contribution in [2.24, 2.45) is 5.10 Å². The number of carbonyl (C=O) groups excluding carboxylic acids is 2. The monoisotopic (exact) mass is 466 g/mol. The number of hydrogen-bond acceptors (Lipinski definition) is 6. The molecule has 172 valence electrons. The van der Waals surface area contributed by atoms with E-state index in [1.165, 1.54) is 0 Å². The van der Waals surface area contributed by atoms with Gasteiger partial charge in [0, 0.05) is 11.3 Å². The molecule has 3 rings (SSSR count). The van der Waals surface area contributed by atoms with Crippen LogP contribution in [0.15, 0.2) is 64.9 Å². The van der Waals surface area contributed by atoms with Crippen molar-refractivity contribution in [2.45, 2.75) is 26.8 Å². The van der Waals surface area contributed by atoms with Crippen LogP contribution in [0, 0.1) is 6.92 Å². The molecule has 0 saturated carbocycles. The first-order valence-corrected chi connectivity index (χ1v) is 10.9. The van der Waals surface area contributed by atoms with Crippen LogP contribution in [0.1, 0.15) is 36.6 Å². The summed E-state index contributed by atoms with van der Waals surface area (Å²) in [6, 6.07) is 14.3. The van der Waals surface area contributed by atoms with Gasteiger partial charge >= 0.3 is 5.97 Å². The molecule has 1 amide bonds. The van der Waals surface area contributed by atoms with Gasteiger partial charge in [-0.3, -0.25) is 4.79 Å². The lowest BCUT2D eigenvalue weighted by atomic mass is 9.95. The lowest BCUT2D eigenvalue weighted by molar-refractivity contribution is -0.139. The lowest BCUT2D eigenvalue weighted by Gasteiger charge is -2.30. The van der Waals surface area contributed by atoms with E-state index in [4.69, 9.17) is 21.7 Å². The molecule has 0 spiro atoms. The summed E-state index contributed by atoms with van der Waals surface area (Å²) >= 11 is 5.28. The largest absolute Gasteiger partial charge is 0.483 e. The van der Waals surface area contributed by atoms with Crippen LogP contribution >= 0.6 is 12.2 Å². The van der Waals surface area contributed by atoms with Crippen molar-refractivity contribution in [3.8, 4) is 5.75 Å². The Kier molecular flexibility index (Phi) is 8.15. The van der Waals surface area contributed by atoms with Gasteiger partial charge in [0.2, 0.25) is 0 Å². The van der Waals surface area contributed by atoms with E-state index in [-0.39, 0.29) is 13.2 Å². The van der Waals surface area contributed by atoms with Crippen LogP contribution in [0.5, 0.6) is 5.75 Å². The molecule has 0 bridgehead atoms. The molecule has 0 fully saturated rings. The molecule has 33 heavy (non-hydrogen) atoms. The summed E-state index contributed by atoms with van der Waals surface area (Å²) in [6.07, 6.45) is 1.56. The van der Waals surface area contributed by atoms with Crippen LogP contribution in [0.2, 0.25) is 0 Å². The van der Waals surface area contributed by atoms with Crippen LogP contribution in [-0.2, 0) is 14.3 Å². The second kappa shape index (κ2) is 11.2. The summed E-state index contributed by atoms with van der Waals surface area (Å²) in [4.78, 5) is 24.8. The molecule has 1 heterocycles. The first-order valence-electron chi connectivity index (χ1n) is 10.4. The minimum absolute atomic E-state index is 0.244. The Morgan fingerprint density at radius 1 is 1.15 bits per heavy atom. The molecule has 3 N–H and O–H groups in total. The van der Waals surface area contributed by atoms with E-state index in [1.807, 2.05) is 37.3 Å². The van der Waals surface area contributed by atoms with Crippen LogP contribution in [-0.4, -0.2) is 36.4 Å². The van der Waals surface area contributed by atoms with Gasteiger partial charge in [-0.1, -0.05) is 48.0 Å². The zero-order chi connectivity index (χ0) is 23.8. The van der Waals surface area contributed by atoms with Crippen LogP contribution in [0.25, 0.3) is 0 Å². The van der Waals surface area contributed by atoms with Gasteiger partial charge in [0.15, 0.2) is 11.7 Å². The quantitative estimate of drug-likeness (QED) is 0.238. The highest BCUT2D eigenvalue weighted by Gasteiger charge is 2.32. The van der Waals surface area contributed by atoms with E-state index in [1.54, 1.807) is 38.3 Å². The molecule has 9 heteroatoms. The van der Waals surface area contributed by atoms with Gasteiger partial charge in [0.05, 0.1) is 24.4 Å². The molecule has 1 aliphatic rings. The highest BCUT2D eigenvalue weighted by atomic mass is 32.1. The molecular weight excluding hydrogens is 440 g/mol. The molecule has 0 aliphatic carbocycles. The number of aryl methyl sites for hydroxylation is 1. The van der Waals surface area contributed by atoms with Crippen molar-refractivity contribution in [1.82, 2.24) is 16.1 Å². The molecule has 2 aromatic carbocycles. The lowest BCUT2D eigenvalue weighted by Crippen LogP contribution is -2.45. The zero-order valence-electron chi connectivity index (χ0n) is 18.7. The van der Waals surface area contributed by atoms with Crippen molar-refractivity contribution in [3.05, 3.63) is 76.5 Å². The molecule has 0 saturated heterocycles. The Morgan fingerprint density at radius 2 is 1.88 bits per heavy atom. The van der Waals surface area contributed by atoms with E-state index in [2.05, 4.69) is 21.2 Å². The van der Waals surface area contributed by atoms with Crippen LogP contribution in [0.4, 0.5) is 0 Å². The van der Waals surface area contributed by atoms with Crippen molar-refractivity contribution in [3.63, 3.8) is 0 Å². The predicted octanol–water partition coefficient (Wildman–Crippen LogP) is 2.88. The number of nitrogens with one attached hydrogen (secondary N) is 3. The van der Waals surface area contributed by atoms with Gasteiger partial charge in [-0.15, -0.1) is 0 Å². The summed E-state index contributed by atoms with van der Waals surface area (Å²) < 4.78 is 11.0. The number of thiocarbonyl (C=S) groups is 1. The van der Waals surface area contributed by atoms with E-state index in [0.717, 1.165) is 11.1 Å². The number of allylic oxidation sites excluding steroid dienone is 1. The fourth-order valence-electron chi connectivity index (χ4n) is 3.26. The Balaban J connectivity index is 1.71. The summed E-state index contributed by atoms with van der Waals surface area (Å²) in [5, 5.41) is 10.4. The van der Waals surface area contributed by atoms with Crippen LogP contribution in [0.3, 0.4) is 0 Å². The van der Waals surface area contributed by atoms with E-state index in [9.17, 15) is 9.59 Å². The molecule has 0 unspecified atom stereocenters. The molecule has 2 aromatic rings. The standard InChI is InChI=1S/C24H26N4O4S/c1-4-31-23(30)21-16(3)26-24(33)27-22(21)18-7-5-6-8-19(18)32-14-20(29)28-25-13-17-11-9-15(2)10-12-17/h5-13,22H,4,14H2,1-3H3,(H,28,29)(H2,26,27,33)/t22-/m1/s1. The number of esters is 1. The number of hydrogen-bond donors (Lipinski definition) is 3. The minimum Gasteiger partial charge on any atom is -0.483 e. The first kappa shape index (κ1) is 23.9. The Hall–Kier alpha value is -3.72. The number of carbonyl (C=O) groups is 2. The third-order valence-electron chi connectivity index (χ3n) is 4.83. The SMILES string of the molecule is CCOC(=O)C1=C(C)NC(=S)N[C@@H]1c1ccccc1OCC(=O)NN=Cc1ccc(C)cc1. The number of benzene rings is 2. The normalized spacial score (nSPS) is 15.6. The highest BCUT2D eigenvalue weighted by molar-refractivity contribution is 7.80. The number of rotatable bonds is 8. The maximum Gasteiger partial charge on any atom is 0.338 e. The van der Waals surface area contributed by atoms with E-state index >= 15 is 0 Å². The Labute approximate surface area is 198 Å². The van der Waals surface area contributed by atoms with E-state index in [0.29, 0.717) is 27.7 Å². The molecular formula is C24H26N4O4S. The minimum atomic E-state index is -0.586. The second-order valence-electron chi connectivity index (χ2n) is 7.32. The third-order valence-corrected chi connectivity index (χ3v) is 5.05. The van der Waals surface area contributed by atoms with Gasteiger partial charge < -0.3 is 20.1 Å². The van der Waals surface area contributed by atoms with Crippen molar-refractivity contribution in [1.29, 1.82) is 0 Å². The molecule has 0 radical (unpaired) electrons. The number of nitrogens with zero attached hydrogens (tertiary/aromatic N) is 1. The van der Waals surface area contributed by atoms with Crippen LogP contribution < -0.4 is 20.8 Å². The maximum atomic E-state index is 12.6. The molecule has 8 nitrogen and oxygen atoms in total.